The number of nitrogens with two attached hydrogens (primary N) is 1. The average molecular weight is 394 g/mol. The molecule has 5 nitrogen and oxygen atoms in total. The number of carboxylic acids is 1. The lowest BCUT2D eigenvalue weighted by Gasteiger charge is -2.20. The summed E-state index contributed by atoms with van der Waals surface area (Å²) in [5.74, 6) is -0.510. The molecule has 1 unspecified atom stereocenters. The van der Waals surface area contributed by atoms with Gasteiger partial charge in [-0.1, -0.05) is 49.2 Å². The molecule has 144 valence electrons. The Morgan fingerprint density at radius 3 is 2.57 bits per heavy atom. The van der Waals surface area contributed by atoms with Gasteiger partial charge < -0.3 is 15.6 Å². The zero-order valence-electron chi connectivity index (χ0n) is 15.4. The van der Waals surface area contributed by atoms with Crippen molar-refractivity contribution in [3.8, 4) is 16.5 Å². The molecule has 0 aliphatic heterocycles. The van der Waals surface area contributed by atoms with Crippen LogP contribution in [0.2, 0.25) is 0 Å². The third-order valence-corrected chi connectivity index (χ3v) is 6.07. The number of carbonyl (C=O) groups is 1. The molecule has 0 bridgehead atoms. The molecule has 2 aromatic heterocycles. The summed E-state index contributed by atoms with van der Waals surface area (Å²) in [5.41, 5.74) is 9.24. The van der Waals surface area contributed by atoms with E-state index in [9.17, 15) is 9.90 Å². The van der Waals surface area contributed by atoms with E-state index >= 15 is 0 Å². The van der Waals surface area contributed by atoms with E-state index in [2.05, 4.69) is 4.98 Å². The molecule has 1 aliphatic carbocycles. The molecule has 1 aromatic carbocycles. The fraction of sp³-hybridized carbons (Fsp3) is 0.273. The van der Waals surface area contributed by atoms with Crippen LogP contribution in [0.25, 0.3) is 10.6 Å². The lowest BCUT2D eigenvalue weighted by atomic mass is 9.96. The van der Waals surface area contributed by atoms with Crippen LogP contribution in [0.4, 0.5) is 5.69 Å². The molecular weight excluding hydrogens is 372 g/mol. The van der Waals surface area contributed by atoms with Crippen LogP contribution in [0.1, 0.15) is 48.8 Å². The fourth-order valence-electron chi connectivity index (χ4n) is 3.77. The molecule has 1 aliphatic rings. The van der Waals surface area contributed by atoms with Gasteiger partial charge in [-0.2, -0.15) is 0 Å². The minimum Gasteiger partial charge on any atom is -0.478 e. The van der Waals surface area contributed by atoms with Gasteiger partial charge in [0.25, 0.3) is 0 Å². The third-order valence-electron chi connectivity index (χ3n) is 5.18. The zero-order chi connectivity index (χ0) is 19.5. The summed E-state index contributed by atoms with van der Waals surface area (Å²) >= 11 is 1.59. The number of nitrogens with zero attached hydrogens (tertiary/aromatic N) is 1. The Labute approximate surface area is 167 Å². The van der Waals surface area contributed by atoms with Crippen molar-refractivity contribution in [2.24, 2.45) is 0 Å². The fourth-order valence-corrected chi connectivity index (χ4v) is 4.45. The van der Waals surface area contributed by atoms with Crippen molar-refractivity contribution in [2.45, 2.75) is 37.7 Å². The van der Waals surface area contributed by atoms with Gasteiger partial charge in [0.2, 0.25) is 12.0 Å². The summed E-state index contributed by atoms with van der Waals surface area (Å²) in [7, 11) is 0. The summed E-state index contributed by atoms with van der Waals surface area (Å²) in [5, 5.41) is 11.7. The molecule has 3 N–H and O–H groups in total. The number of aromatic nitrogens is 1. The molecule has 1 atom stereocenters. The van der Waals surface area contributed by atoms with Gasteiger partial charge in [0.15, 0.2) is 0 Å². The van der Waals surface area contributed by atoms with Crippen LogP contribution in [0.5, 0.6) is 5.88 Å². The van der Waals surface area contributed by atoms with Gasteiger partial charge in [-0.15, -0.1) is 11.3 Å². The van der Waals surface area contributed by atoms with Gasteiger partial charge in [-0.05, 0) is 41.8 Å². The van der Waals surface area contributed by atoms with Crippen molar-refractivity contribution in [3.63, 3.8) is 0 Å². The second-order valence-corrected chi connectivity index (χ2v) is 7.97. The van der Waals surface area contributed by atoms with Gasteiger partial charge >= 0.3 is 5.97 Å². The molecule has 6 heteroatoms. The van der Waals surface area contributed by atoms with E-state index in [-0.39, 0.29) is 5.88 Å². The van der Waals surface area contributed by atoms with Gasteiger partial charge in [-0.25, -0.2) is 9.78 Å². The van der Waals surface area contributed by atoms with Crippen LogP contribution in [-0.4, -0.2) is 16.1 Å². The van der Waals surface area contributed by atoms with Crippen molar-refractivity contribution < 1.29 is 14.6 Å². The number of carboxylic acid groups (broad SMARTS) is 1. The number of ether oxygens (including phenoxy) is 1. The van der Waals surface area contributed by atoms with Crippen LogP contribution in [0.3, 0.4) is 0 Å². The number of aliphatic carboxylic acids is 1. The number of anilines is 1. The van der Waals surface area contributed by atoms with E-state index in [1.165, 1.54) is 12.8 Å². The third kappa shape index (κ3) is 3.73. The Balaban J connectivity index is 1.77. The molecule has 28 heavy (non-hydrogen) atoms. The van der Waals surface area contributed by atoms with E-state index in [1.807, 2.05) is 29.6 Å². The number of nitrogen functional groups attached to an aromatic ring is 1. The van der Waals surface area contributed by atoms with Crippen LogP contribution in [0.15, 0.2) is 53.9 Å². The standard InChI is InChI=1S/C22H22N2O3S/c23-19-16(14-7-4-5-8-14)13-17(18-11-6-12-28-18)24-21(19)27-20(22(25)26)15-9-2-1-3-10-15/h1-3,6,9-14,20H,4-5,7-8,23H2,(H,25,26). The van der Waals surface area contributed by atoms with E-state index < -0.39 is 12.1 Å². The van der Waals surface area contributed by atoms with Gasteiger partial charge in [0, 0.05) is 5.56 Å². The Hall–Kier alpha value is -2.86. The monoisotopic (exact) mass is 394 g/mol. The van der Waals surface area contributed by atoms with Crippen molar-refractivity contribution in [1.82, 2.24) is 4.98 Å². The molecule has 3 aromatic rings. The number of benzene rings is 1. The van der Waals surface area contributed by atoms with Crippen molar-refractivity contribution in [1.29, 1.82) is 0 Å². The predicted octanol–water partition coefficient (Wildman–Crippen LogP) is 5.25. The molecule has 1 fully saturated rings. The van der Waals surface area contributed by atoms with Crippen molar-refractivity contribution >= 4 is 23.0 Å². The maximum Gasteiger partial charge on any atom is 0.349 e. The van der Waals surface area contributed by atoms with Gasteiger partial charge in [0.05, 0.1) is 16.3 Å². The van der Waals surface area contributed by atoms with Crippen molar-refractivity contribution in [2.75, 3.05) is 5.73 Å². The molecule has 0 saturated heterocycles. The number of rotatable bonds is 6. The van der Waals surface area contributed by atoms with Gasteiger partial charge in [-0.3, -0.25) is 0 Å². The highest BCUT2D eigenvalue weighted by Crippen LogP contribution is 2.42. The van der Waals surface area contributed by atoms with Crippen molar-refractivity contribution in [3.05, 3.63) is 65.0 Å². The topological polar surface area (TPSA) is 85.4 Å². The molecule has 0 amide bonds. The summed E-state index contributed by atoms with van der Waals surface area (Å²) in [6.45, 7) is 0. The smallest absolute Gasteiger partial charge is 0.349 e. The number of pyridine rings is 1. The average Bonchev–Trinajstić information content (AvgIpc) is 3.41. The molecule has 2 heterocycles. The molecule has 0 radical (unpaired) electrons. The largest absolute Gasteiger partial charge is 0.478 e. The van der Waals surface area contributed by atoms with Crippen LogP contribution >= 0.6 is 11.3 Å². The number of hydrogen-bond acceptors (Lipinski definition) is 5. The quantitative estimate of drug-likeness (QED) is 0.596. The second kappa shape index (κ2) is 8.02. The van der Waals surface area contributed by atoms with Gasteiger partial charge in [0.1, 0.15) is 0 Å². The van der Waals surface area contributed by atoms with E-state index in [0.29, 0.717) is 17.2 Å². The Kier molecular flexibility index (Phi) is 5.30. The normalized spacial score (nSPS) is 15.4. The van der Waals surface area contributed by atoms with Crippen LogP contribution in [-0.2, 0) is 4.79 Å². The lowest BCUT2D eigenvalue weighted by molar-refractivity contribution is -0.145. The zero-order valence-corrected chi connectivity index (χ0v) is 16.2. The summed E-state index contributed by atoms with van der Waals surface area (Å²) in [6, 6.07) is 14.9. The SMILES string of the molecule is Nc1c(C2CCCC2)cc(-c2cccs2)nc1OC(C(=O)O)c1ccccc1. The second-order valence-electron chi connectivity index (χ2n) is 7.02. The highest BCUT2D eigenvalue weighted by Gasteiger charge is 2.27. The summed E-state index contributed by atoms with van der Waals surface area (Å²) in [4.78, 5) is 17.5. The van der Waals surface area contributed by atoms with E-state index in [1.54, 1.807) is 35.6 Å². The Morgan fingerprint density at radius 2 is 1.93 bits per heavy atom. The first-order valence-electron chi connectivity index (χ1n) is 9.42. The summed E-state index contributed by atoms with van der Waals surface area (Å²) in [6.07, 6.45) is 3.36. The Bertz CT molecular complexity index is 951. The summed E-state index contributed by atoms with van der Waals surface area (Å²) < 4.78 is 5.90. The lowest BCUT2D eigenvalue weighted by Crippen LogP contribution is -2.20. The first kappa shape index (κ1) is 18.5. The Morgan fingerprint density at radius 1 is 1.18 bits per heavy atom. The highest BCUT2D eigenvalue weighted by atomic mass is 32.1. The maximum atomic E-state index is 11.9. The first-order chi connectivity index (χ1) is 13.6. The first-order valence-corrected chi connectivity index (χ1v) is 10.3. The van der Waals surface area contributed by atoms with E-state index in [0.717, 1.165) is 29.0 Å². The van der Waals surface area contributed by atoms with Crippen LogP contribution < -0.4 is 10.5 Å². The van der Waals surface area contributed by atoms with Crippen LogP contribution in [0, 0.1) is 0 Å². The number of thiophene rings is 1. The molecule has 4 rings (SSSR count). The number of hydrogen-bond donors (Lipinski definition) is 2. The molecule has 1 saturated carbocycles. The predicted molar refractivity (Wildman–Crippen MR) is 111 cm³/mol. The minimum absolute atomic E-state index is 0.198. The van der Waals surface area contributed by atoms with E-state index in [4.69, 9.17) is 10.5 Å². The minimum atomic E-state index is -1.16. The molecular formula is C22H22N2O3S. The molecule has 0 spiro atoms. The highest BCUT2D eigenvalue weighted by molar-refractivity contribution is 7.13. The maximum absolute atomic E-state index is 11.9.